The molecule has 2 aromatic carbocycles. The van der Waals surface area contributed by atoms with Gasteiger partial charge in [0, 0.05) is 31.3 Å². The van der Waals surface area contributed by atoms with Gasteiger partial charge in [-0.1, -0.05) is 30.3 Å². The fourth-order valence-electron chi connectivity index (χ4n) is 2.66. The number of hydrogen-bond donors (Lipinski definition) is 0. The lowest BCUT2D eigenvalue weighted by Gasteiger charge is -2.20. The summed E-state index contributed by atoms with van der Waals surface area (Å²) in [6, 6.07) is 17.0. The van der Waals surface area contributed by atoms with Gasteiger partial charge in [0.2, 0.25) is 0 Å². The number of aromatic nitrogens is 4. The zero-order chi connectivity index (χ0) is 18.4. The molecule has 0 aliphatic rings. The molecule has 3 rings (SSSR count). The summed E-state index contributed by atoms with van der Waals surface area (Å²) in [6.07, 6.45) is 0. The first kappa shape index (κ1) is 17.8. The number of tetrazole rings is 1. The molecule has 1 amide bonds. The molecule has 7 nitrogen and oxygen atoms in total. The fraction of sp³-hybridized carbons (Fsp3) is 0.263. The molecule has 1 aromatic heterocycles. The highest BCUT2D eigenvalue weighted by Crippen LogP contribution is 2.20. The summed E-state index contributed by atoms with van der Waals surface area (Å²) in [5, 5.41) is 12.0. The minimum absolute atomic E-state index is 0.0150. The van der Waals surface area contributed by atoms with E-state index in [0.29, 0.717) is 31.1 Å². The van der Waals surface area contributed by atoms with Gasteiger partial charge in [0.15, 0.2) is 5.82 Å². The summed E-state index contributed by atoms with van der Waals surface area (Å²) in [5.41, 5.74) is 2.35. The van der Waals surface area contributed by atoms with Crippen LogP contribution in [0.5, 0.6) is 0 Å². The van der Waals surface area contributed by atoms with Crippen LogP contribution < -0.4 is 0 Å². The van der Waals surface area contributed by atoms with Gasteiger partial charge >= 0.3 is 0 Å². The minimum Gasteiger partial charge on any atom is -0.383 e. The quantitative estimate of drug-likeness (QED) is 0.654. The van der Waals surface area contributed by atoms with Crippen molar-refractivity contribution in [3.05, 3.63) is 60.2 Å². The van der Waals surface area contributed by atoms with Crippen molar-refractivity contribution in [2.24, 2.45) is 0 Å². The Morgan fingerprint density at radius 2 is 1.85 bits per heavy atom. The lowest BCUT2D eigenvalue weighted by molar-refractivity contribution is 0.0706. The molecular weight excluding hydrogens is 330 g/mol. The van der Waals surface area contributed by atoms with E-state index in [4.69, 9.17) is 4.74 Å². The Bertz CT molecular complexity index is 846. The van der Waals surface area contributed by atoms with Crippen molar-refractivity contribution in [1.29, 1.82) is 0 Å². The van der Waals surface area contributed by atoms with Gasteiger partial charge in [-0.3, -0.25) is 4.79 Å². The van der Waals surface area contributed by atoms with Gasteiger partial charge in [-0.05, 0) is 41.6 Å². The molecule has 0 saturated carbocycles. The van der Waals surface area contributed by atoms with Gasteiger partial charge in [0.25, 0.3) is 5.91 Å². The van der Waals surface area contributed by atoms with Crippen LogP contribution in [0.2, 0.25) is 0 Å². The van der Waals surface area contributed by atoms with Gasteiger partial charge in [-0.25, -0.2) is 0 Å². The van der Waals surface area contributed by atoms with E-state index in [9.17, 15) is 4.79 Å². The van der Waals surface area contributed by atoms with Crippen LogP contribution >= 0.6 is 0 Å². The summed E-state index contributed by atoms with van der Waals surface area (Å²) < 4.78 is 6.74. The van der Waals surface area contributed by atoms with E-state index >= 15 is 0 Å². The average Bonchev–Trinajstić information content (AvgIpc) is 3.19. The molecule has 134 valence electrons. The third-order valence-electron chi connectivity index (χ3n) is 4.09. The van der Waals surface area contributed by atoms with Gasteiger partial charge in [0.1, 0.15) is 0 Å². The Kier molecular flexibility index (Phi) is 5.70. The molecule has 0 saturated heterocycles. The predicted molar refractivity (Wildman–Crippen MR) is 98.0 cm³/mol. The van der Waals surface area contributed by atoms with Gasteiger partial charge < -0.3 is 9.64 Å². The molecular formula is C19H21N5O2. The fourth-order valence-corrected chi connectivity index (χ4v) is 2.66. The number of hydrogen-bond acceptors (Lipinski definition) is 5. The Balaban J connectivity index is 1.83. The highest BCUT2D eigenvalue weighted by Gasteiger charge is 2.15. The summed E-state index contributed by atoms with van der Waals surface area (Å²) >= 11 is 0. The lowest BCUT2D eigenvalue weighted by Crippen LogP contribution is -2.33. The SMILES string of the molecule is CCN(CCOC)C(=O)c1ccc(-c2nnnn2-c2ccccc2)cc1. The zero-order valence-corrected chi connectivity index (χ0v) is 14.9. The molecule has 0 atom stereocenters. The smallest absolute Gasteiger partial charge is 0.253 e. The number of benzene rings is 2. The van der Waals surface area contributed by atoms with Crippen molar-refractivity contribution in [3.8, 4) is 17.1 Å². The van der Waals surface area contributed by atoms with Crippen LogP contribution in [0, 0.1) is 0 Å². The second-order valence-corrected chi connectivity index (χ2v) is 5.70. The molecule has 0 bridgehead atoms. The molecule has 0 spiro atoms. The van der Waals surface area contributed by atoms with Crippen LogP contribution in [0.4, 0.5) is 0 Å². The Hall–Kier alpha value is -3.06. The lowest BCUT2D eigenvalue weighted by atomic mass is 10.1. The normalized spacial score (nSPS) is 10.7. The standard InChI is InChI=1S/C19H21N5O2/c1-3-23(13-14-26-2)19(25)16-11-9-15(10-12-16)18-20-21-22-24(18)17-7-5-4-6-8-17/h4-12H,3,13-14H2,1-2H3. The predicted octanol–water partition coefficient (Wildman–Crippen LogP) is 2.44. The maximum Gasteiger partial charge on any atom is 0.253 e. The number of nitrogens with zero attached hydrogens (tertiary/aromatic N) is 5. The zero-order valence-electron chi connectivity index (χ0n) is 14.9. The number of amides is 1. The largest absolute Gasteiger partial charge is 0.383 e. The van der Waals surface area contributed by atoms with E-state index in [0.717, 1.165) is 11.3 Å². The van der Waals surface area contributed by atoms with E-state index in [2.05, 4.69) is 15.5 Å². The molecule has 0 fully saturated rings. The third-order valence-corrected chi connectivity index (χ3v) is 4.09. The molecule has 7 heteroatoms. The molecule has 3 aromatic rings. The first-order valence-electron chi connectivity index (χ1n) is 8.47. The van der Waals surface area contributed by atoms with Crippen molar-refractivity contribution in [1.82, 2.24) is 25.1 Å². The summed E-state index contributed by atoms with van der Waals surface area (Å²) in [5.74, 6) is 0.612. The van der Waals surface area contributed by atoms with E-state index in [1.54, 1.807) is 28.8 Å². The van der Waals surface area contributed by atoms with Gasteiger partial charge in [0.05, 0.1) is 12.3 Å². The highest BCUT2D eigenvalue weighted by atomic mass is 16.5. The van der Waals surface area contributed by atoms with Crippen molar-refractivity contribution >= 4 is 5.91 Å². The van der Waals surface area contributed by atoms with Crippen molar-refractivity contribution in [2.75, 3.05) is 26.8 Å². The molecule has 0 aliphatic carbocycles. The molecule has 1 heterocycles. The van der Waals surface area contributed by atoms with Crippen molar-refractivity contribution in [3.63, 3.8) is 0 Å². The number of carbonyl (C=O) groups is 1. The maximum absolute atomic E-state index is 12.6. The van der Waals surface area contributed by atoms with E-state index in [1.165, 1.54) is 0 Å². The van der Waals surface area contributed by atoms with Crippen LogP contribution in [-0.2, 0) is 4.74 Å². The molecule has 0 N–H and O–H groups in total. The minimum atomic E-state index is -0.0150. The molecule has 0 unspecified atom stereocenters. The Labute approximate surface area is 152 Å². The topological polar surface area (TPSA) is 73.1 Å². The van der Waals surface area contributed by atoms with E-state index < -0.39 is 0 Å². The second kappa shape index (κ2) is 8.35. The number of ether oxygens (including phenoxy) is 1. The highest BCUT2D eigenvalue weighted by molar-refractivity contribution is 5.94. The van der Waals surface area contributed by atoms with Crippen molar-refractivity contribution in [2.45, 2.75) is 6.92 Å². The van der Waals surface area contributed by atoms with Crippen LogP contribution in [0.25, 0.3) is 17.1 Å². The number of rotatable bonds is 7. The van der Waals surface area contributed by atoms with E-state index in [1.807, 2.05) is 49.4 Å². The summed E-state index contributed by atoms with van der Waals surface area (Å²) in [4.78, 5) is 14.3. The number of methoxy groups -OCH3 is 1. The molecule has 0 radical (unpaired) electrons. The monoisotopic (exact) mass is 351 g/mol. The van der Waals surface area contributed by atoms with Gasteiger partial charge in [-0.15, -0.1) is 5.10 Å². The van der Waals surface area contributed by atoms with Crippen LogP contribution in [0.3, 0.4) is 0 Å². The van der Waals surface area contributed by atoms with Crippen LogP contribution in [0.15, 0.2) is 54.6 Å². The Morgan fingerprint density at radius 1 is 1.12 bits per heavy atom. The van der Waals surface area contributed by atoms with Crippen LogP contribution in [0.1, 0.15) is 17.3 Å². The van der Waals surface area contributed by atoms with Crippen molar-refractivity contribution < 1.29 is 9.53 Å². The third kappa shape index (κ3) is 3.78. The summed E-state index contributed by atoms with van der Waals surface area (Å²) in [7, 11) is 1.63. The average molecular weight is 351 g/mol. The Morgan fingerprint density at radius 3 is 2.50 bits per heavy atom. The second-order valence-electron chi connectivity index (χ2n) is 5.70. The first-order chi connectivity index (χ1) is 12.7. The summed E-state index contributed by atoms with van der Waals surface area (Å²) in [6.45, 7) is 3.68. The molecule has 0 aliphatic heterocycles. The number of para-hydroxylation sites is 1. The first-order valence-corrected chi connectivity index (χ1v) is 8.47. The number of likely N-dealkylation sites (N-methyl/N-ethyl adjacent to an activating group) is 1. The maximum atomic E-state index is 12.6. The van der Waals surface area contributed by atoms with Gasteiger partial charge in [-0.2, -0.15) is 4.68 Å². The number of carbonyl (C=O) groups excluding carboxylic acids is 1. The van der Waals surface area contributed by atoms with E-state index in [-0.39, 0.29) is 5.91 Å². The molecule has 26 heavy (non-hydrogen) atoms. The van der Waals surface area contributed by atoms with Crippen LogP contribution in [-0.4, -0.2) is 57.8 Å².